The Labute approximate surface area is 138 Å². The molecule has 0 aliphatic carbocycles. The normalized spacial score (nSPS) is 20.2. The minimum atomic E-state index is -0.597. The molecule has 1 aliphatic rings. The number of Topliss-reactive ketones (excluding diaryl/α,β-unsaturated/α-hetero) is 1. The number of likely N-dealkylation sites (tertiary alicyclic amines) is 1. The minimum Gasteiger partial charge on any atom is -0.443 e. The highest BCUT2D eigenvalue weighted by Crippen LogP contribution is 2.37. The fraction of sp³-hybridized carbons (Fsp3) is 0.474. The first-order chi connectivity index (χ1) is 10.8. The second kappa shape index (κ2) is 6.99. The highest BCUT2D eigenvalue weighted by atomic mass is 16.6. The predicted octanol–water partition coefficient (Wildman–Crippen LogP) is 4.62. The summed E-state index contributed by atoms with van der Waals surface area (Å²) in [6.45, 7) is 7.53. The molecule has 1 aromatic carbocycles. The van der Waals surface area contributed by atoms with Gasteiger partial charge in [-0.3, -0.25) is 9.69 Å². The van der Waals surface area contributed by atoms with Gasteiger partial charge in [-0.05, 0) is 32.8 Å². The second-order valence-electron chi connectivity index (χ2n) is 6.78. The molecule has 1 atom stereocenters. The number of nitrogens with zero attached hydrogens (tertiary/aromatic N) is 1. The molecular formula is C19H25NO3. The third-order valence-electron chi connectivity index (χ3n) is 3.64. The summed E-state index contributed by atoms with van der Waals surface area (Å²) in [5.41, 5.74) is 0.821. The summed E-state index contributed by atoms with van der Waals surface area (Å²) in [4.78, 5) is 26.6. The van der Waals surface area contributed by atoms with E-state index in [0.717, 1.165) is 18.4 Å². The van der Waals surface area contributed by atoms with Gasteiger partial charge in [-0.1, -0.05) is 49.8 Å². The van der Waals surface area contributed by atoms with Crippen molar-refractivity contribution in [1.82, 2.24) is 4.90 Å². The number of hydrogen-bond acceptors (Lipinski definition) is 3. The summed E-state index contributed by atoms with van der Waals surface area (Å²) in [6.07, 6.45) is 3.39. The van der Waals surface area contributed by atoms with E-state index in [1.165, 1.54) is 4.90 Å². The van der Waals surface area contributed by atoms with Gasteiger partial charge in [-0.25, -0.2) is 4.79 Å². The summed E-state index contributed by atoms with van der Waals surface area (Å²) in [7, 11) is 0. The van der Waals surface area contributed by atoms with Crippen LogP contribution in [0.4, 0.5) is 4.79 Å². The van der Waals surface area contributed by atoms with Crippen molar-refractivity contribution >= 4 is 11.9 Å². The summed E-state index contributed by atoms with van der Waals surface area (Å²) in [6, 6.07) is 9.35. The number of unbranched alkanes of at least 4 members (excludes halogenated alkanes) is 1. The molecule has 0 bridgehead atoms. The van der Waals surface area contributed by atoms with Crippen LogP contribution in [0.25, 0.3) is 0 Å². The first-order valence-electron chi connectivity index (χ1n) is 8.14. The number of amides is 1. The molecule has 23 heavy (non-hydrogen) atoms. The van der Waals surface area contributed by atoms with Crippen LogP contribution in [0.15, 0.2) is 42.1 Å². The molecule has 1 amide bonds. The van der Waals surface area contributed by atoms with Gasteiger partial charge in [-0.2, -0.15) is 0 Å². The van der Waals surface area contributed by atoms with E-state index in [1.54, 1.807) is 0 Å². The van der Waals surface area contributed by atoms with E-state index in [-0.39, 0.29) is 11.8 Å². The SMILES string of the molecule is CCC/C=C1\C(=O)C[C@H](c2ccccc2)N1C(=O)OC(C)(C)C. The van der Waals surface area contributed by atoms with Gasteiger partial charge in [0.1, 0.15) is 5.60 Å². The molecule has 0 spiro atoms. The van der Waals surface area contributed by atoms with Gasteiger partial charge < -0.3 is 4.74 Å². The number of carbonyl (C=O) groups is 2. The molecule has 2 rings (SSSR count). The van der Waals surface area contributed by atoms with E-state index in [2.05, 4.69) is 0 Å². The van der Waals surface area contributed by atoms with Crippen LogP contribution in [0, 0.1) is 0 Å². The van der Waals surface area contributed by atoms with Crippen molar-refractivity contribution in [3.05, 3.63) is 47.7 Å². The van der Waals surface area contributed by atoms with Gasteiger partial charge in [0, 0.05) is 6.42 Å². The van der Waals surface area contributed by atoms with Crippen LogP contribution >= 0.6 is 0 Å². The minimum absolute atomic E-state index is 0.00170. The second-order valence-corrected chi connectivity index (χ2v) is 6.78. The third kappa shape index (κ3) is 4.21. The number of allylic oxidation sites excluding steroid dienone is 2. The quantitative estimate of drug-likeness (QED) is 0.764. The van der Waals surface area contributed by atoms with E-state index >= 15 is 0 Å². The number of rotatable bonds is 3. The van der Waals surface area contributed by atoms with Crippen LogP contribution in [0.5, 0.6) is 0 Å². The Bertz CT molecular complexity index is 599. The smallest absolute Gasteiger partial charge is 0.415 e. The van der Waals surface area contributed by atoms with E-state index in [9.17, 15) is 9.59 Å². The molecule has 1 heterocycles. The van der Waals surface area contributed by atoms with Crippen LogP contribution in [-0.2, 0) is 9.53 Å². The molecule has 4 heteroatoms. The van der Waals surface area contributed by atoms with Crippen LogP contribution in [-0.4, -0.2) is 22.4 Å². The largest absolute Gasteiger partial charge is 0.443 e. The molecule has 0 unspecified atom stereocenters. The molecule has 4 nitrogen and oxygen atoms in total. The zero-order valence-corrected chi connectivity index (χ0v) is 14.3. The Balaban J connectivity index is 2.38. The van der Waals surface area contributed by atoms with Gasteiger partial charge in [0.2, 0.25) is 0 Å². The van der Waals surface area contributed by atoms with Gasteiger partial charge in [0.05, 0.1) is 11.7 Å². The van der Waals surface area contributed by atoms with Crippen LogP contribution < -0.4 is 0 Å². The lowest BCUT2D eigenvalue weighted by molar-refractivity contribution is -0.114. The van der Waals surface area contributed by atoms with Crippen LogP contribution in [0.3, 0.4) is 0 Å². The van der Waals surface area contributed by atoms with E-state index in [4.69, 9.17) is 4.74 Å². The zero-order valence-electron chi connectivity index (χ0n) is 14.3. The predicted molar refractivity (Wildman–Crippen MR) is 89.9 cm³/mol. The average Bonchev–Trinajstić information content (AvgIpc) is 2.81. The fourth-order valence-electron chi connectivity index (χ4n) is 2.65. The maximum atomic E-state index is 12.7. The highest BCUT2D eigenvalue weighted by Gasteiger charge is 2.41. The van der Waals surface area contributed by atoms with Gasteiger partial charge in [-0.15, -0.1) is 0 Å². The Hall–Kier alpha value is -2.10. The fourth-order valence-corrected chi connectivity index (χ4v) is 2.65. The van der Waals surface area contributed by atoms with Crippen molar-refractivity contribution in [3.63, 3.8) is 0 Å². The van der Waals surface area contributed by atoms with E-state index in [1.807, 2.05) is 64.1 Å². The molecule has 1 aromatic rings. The number of hydrogen-bond donors (Lipinski definition) is 0. The van der Waals surface area contributed by atoms with Crippen LogP contribution in [0.2, 0.25) is 0 Å². The highest BCUT2D eigenvalue weighted by molar-refractivity contribution is 6.01. The van der Waals surface area contributed by atoms with Crippen molar-refractivity contribution in [2.75, 3.05) is 0 Å². The molecular weight excluding hydrogens is 290 g/mol. The average molecular weight is 315 g/mol. The lowest BCUT2D eigenvalue weighted by atomic mass is 10.0. The standard InChI is InChI=1S/C19H25NO3/c1-5-6-12-15-17(21)13-16(14-10-8-7-9-11-14)20(15)18(22)23-19(2,3)4/h7-12,16H,5-6,13H2,1-4H3/b15-12+/t16-/m1/s1. The molecule has 1 fully saturated rings. The summed E-state index contributed by atoms with van der Waals surface area (Å²) < 4.78 is 5.53. The maximum absolute atomic E-state index is 12.7. The number of ether oxygens (including phenoxy) is 1. The lowest BCUT2D eigenvalue weighted by Crippen LogP contribution is -2.36. The summed E-state index contributed by atoms with van der Waals surface area (Å²) in [5.74, 6) is -0.00170. The Morgan fingerprint density at radius 3 is 2.52 bits per heavy atom. The first-order valence-corrected chi connectivity index (χ1v) is 8.14. The molecule has 1 saturated heterocycles. The topological polar surface area (TPSA) is 46.6 Å². The molecule has 0 N–H and O–H groups in total. The van der Waals surface area contributed by atoms with E-state index < -0.39 is 11.7 Å². The summed E-state index contributed by atoms with van der Waals surface area (Å²) in [5, 5.41) is 0. The number of ketones is 1. The lowest BCUT2D eigenvalue weighted by Gasteiger charge is -2.29. The van der Waals surface area contributed by atoms with Crippen molar-refractivity contribution < 1.29 is 14.3 Å². The van der Waals surface area contributed by atoms with Crippen LogP contribution in [0.1, 0.15) is 58.6 Å². The molecule has 0 aromatic heterocycles. The van der Waals surface area contributed by atoms with Crippen molar-refractivity contribution in [3.8, 4) is 0 Å². The van der Waals surface area contributed by atoms with E-state index in [0.29, 0.717) is 12.1 Å². The zero-order chi connectivity index (χ0) is 17.0. The Morgan fingerprint density at radius 1 is 1.30 bits per heavy atom. The maximum Gasteiger partial charge on any atom is 0.415 e. The van der Waals surface area contributed by atoms with Crippen molar-refractivity contribution in [2.45, 2.75) is 58.6 Å². The van der Waals surface area contributed by atoms with Crippen molar-refractivity contribution in [2.24, 2.45) is 0 Å². The van der Waals surface area contributed by atoms with Crippen molar-refractivity contribution in [1.29, 1.82) is 0 Å². The monoisotopic (exact) mass is 315 g/mol. The number of carbonyl (C=O) groups excluding carboxylic acids is 2. The van der Waals surface area contributed by atoms with Gasteiger partial charge in [0.15, 0.2) is 5.78 Å². The Kier molecular flexibility index (Phi) is 5.24. The molecule has 0 radical (unpaired) electrons. The third-order valence-corrected chi connectivity index (χ3v) is 3.64. The molecule has 1 aliphatic heterocycles. The Morgan fingerprint density at radius 2 is 1.96 bits per heavy atom. The number of benzene rings is 1. The summed E-state index contributed by atoms with van der Waals surface area (Å²) >= 11 is 0. The first kappa shape index (κ1) is 17.3. The molecule has 0 saturated carbocycles. The van der Waals surface area contributed by atoms with Gasteiger partial charge in [0.25, 0.3) is 0 Å². The molecule has 124 valence electrons. The van der Waals surface area contributed by atoms with Gasteiger partial charge >= 0.3 is 6.09 Å².